The van der Waals surface area contributed by atoms with Gasteiger partial charge < -0.3 is 24.6 Å². The Morgan fingerprint density at radius 2 is 1.87 bits per heavy atom. The summed E-state index contributed by atoms with van der Waals surface area (Å²) >= 11 is 1.23. The molecule has 0 aromatic carbocycles. The van der Waals surface area contributed by atoms with Crippen molar-refractivity contribution in [3.05, 3.63) is 11.0 Å². The molecular weight excluding hydrogens is 422 g/mol. The lowest BCUT2D eigenvalue weighted by Gasteiger charge is -2.52. The van der Waals surface area contributed by atoms with E-state index in [9.17, 15) is 19.2 Å². The number of amides is 3. The molecule has 1 N–H and O–H groups in total. The zero-order chi connectivity index (χ0) is 23.3. The quantitative estimate of drug-likeness (QED) is 0.363. The summed E-state index contributed by atoms with van der Waals surface area (Å²) in [6.07, 6.45) is 9.96. The number of β-lactam (4-membered cyclic amide) rings is 1. The van der Waals surface area contributed by atoms with E-state index in [4.69, 9.17) is 22.3 Å². The van der Waals surface area contributed by atoms with Crippen LogP contribution >= 0.6 is 11.8 Å². The first-order valence-corrected chi connectivity index (χ1v) is 10.4. The van der Waals surface area contributed by atoms with Crippen molar-refractivity contribution >= 4 is 35.6 Å². The van der Waals surface area contributed by atoms with Gasteiger partial charge in [-0.1, -0.05) is 11.8 Å². The summed E-state index contributed by atoms with van der Waals surface area (Å²) in [6, 6.07) is -1.91. The molecule has 0 aromatic heterocycles. The number of carbonyl (C=O) groups excluding carboxylic acids is 4. The van der Waals surface area contributed by atoms with Crippen molar-refractivity contribution in [2.24, 2.45) is 0 Å². The van der Waals surface area contributed by atoms with Crippen molar-refractivity contribution in [1.82, 2.24) is 15.1 Å². The summed E-state index contributed by atoms with van der Waals surface area (Å²) in [4.78, 5) is 52.1. The van der Waals surface area contributed by atoms with Crippen LogP contribution in [0.4, 0.5) is 4.79 Å². The minimum atomic E-state index is -1.04. The maximum absolute atomic E-state index is 13.2. The van der Waals surface area contributed by atoms with Crippen molar-refractivity contribution in [3.63, 3.8) is 0 Å². The highest BCUT2D eigenvalue weighted by Gasteiger charge is 2.56. The molecule has 166 valence electrons. The number of hydrogen-bond acceptors (Lipinski definition) is 7. The monoisotopic (exact) mass is 447 g/mol. The zero-order valence-electron chi connectivity index (χ0n) is 17.8. The Kier molecular flexibility index (Phi) is 7.64. The molecule has 2 aliphatic heterocycles. The number of alkyl carbamates (subject to hydrolysis) is 1. The van der Waals surface area contributed by atoms with Gasteiger partial charge in [-0.05, 0) is 26.2 Å². The molecule has 9 nitrogen and oxygen atoms in total. The Balaban J connectivity index is 2.27. The third-order valence-electron chi connectivity index (χ3n) is 4.29. The van der Waals surface area contributed by atoms with Crippen LogP contribution in [-0.2, 0) is 23.9 Å². The number of terminal acetylenes is 2. The van der Waals surface area contributed by atoms with Crippen molar-refractivity contribution in [3.8, 4) is 24.7 Å². The normalized spacial score (nSPS) is 22.0. The van der Waals surface area contributed by atoms with Gasteiger partial charge in [-0.25, -0.2) is 4.79 Å². The first-order chi connectivity index (χ1) is 14.5. The predicted molar refractivity (Wildman–Crippen MR) is 114 cm³/mol. The van der Waals surface area contributed by atoms with Gasteiger partial charge in [-0.2, -0.15) is 0 Å². The van der Waals surface area contributed by atoms with Crippen LogP contribution in [0.1, 0.15) is 27.7 Å². The molecule has 2 aliphatic rings. The number of hydrogen-bond donors (Lipinski definition) is 1. The first kappa shape index (κ1) is 24.2. The number of ether oxygens (including phenoxy) is 2. The van der Waals surface area contributed by atoms with Crippen molar-refractivity contribution < 1.29 is 28.7 Å². The van der Waals surface area contributed by atoms with Gasteiger partial charge in [0.05, 0.1) is 13.1 Å². The Morgan fingerprint density at radius 3 is 2.39 bits per heavy atom. The van der Waals surface area contributed by atoms with Crippen LogP contribution in [0.5, 0.6) is 0 Å². The molecule has 3 amide bonds. The van der Waals surface area contributed by atoms with Gasteiger partial charge in [-0.15, -0.1) is 24.6 Å². The van der Waals surface area contributed by atoms with Gasteiger partial charge in [0.2, 0.25) is 5.91 Å². The molecule has 31 heavy (non-hydrogen) atoms. The van der Waals surface area contributed by atoms with Crippen LogP contribution in [0.25, 0.3) is 0 Å². The van der Waals surface area contributed by atoms with Gasteiger partial charge in [0.1, 0.15) is 29.7 Å². The number of fused-ring (bicyclic) bond motifs is 1. The third kappa shape index (κ3) is 5.74. The Morgan fingerprint density at radius 1 is 1.26 bits per heavy atom. The second-order valence-corrected chi connectivity index (χ2v) is 8.87. The molecule has 10 heteroatoms. The second-order valence-electron chi connectivity index (χ2n) is 7.87. The molecule has 2 rings (SSSR count). The van der Waals surface area contributed by atoms with Gasteiger partial charge in [0.15, 0.2) is 0 Å². The SMILES string of the molecule is C#CCN(CC#C)C(=O)C1C(COC(C)=O)=CS[C@@H]2[C@H](NC(=O)OC(C)(C)C)C(=O)N12. The van der Waals surface area contributed by atoms with Crippen molar-refractivity contribution in [2.45, 2.75) is 50.8 Å². The molecule has 2 heterocycles. The summed E-state index contributed by atoms with van der Waals surface area (Å²) in [6.45, 7) is 6.12. The highest BCUT2D eigenvalue weighted by molar-refractivity contribution is 8.02. The lowest BCUT2D eigenvalue weighted by atomic mass is 9.97. The van der Waals surface area contributed by atoms with Crippen molar-refractivity contribution in [1.29, 1.82) is 0 Å². The van der Waals surface area contributed by atoms with E-state index in [1.165, 1.54) is 28.5 Å². The molecule has 0 spiro atoms. The predicted octanol–water partition coefficient (Wildman–Crippen LogP) is 0.705. The molecule has 0 radical (unpaired) electrons. The Labute approximate surface area is 185 Å². The molecule has 1 fully saturated rings. The number of carbonyl (C=O) groups is 4. The summed E-state index contributed by atoms with van der Waals surface area (Å²) in [5.74, 6) is 3.27. The fourth-order valence-corrected chi connectivity index (χ4v) is 4.26. The molecule has 0 aromatic rings. The van der Waals surface area contributed by atoms with Crippen LogP contribution in [0.2, 0.25) is 0 Å². The van der Waals surface area contributed by atoms with Crippen LogP contribution in [0.3, 0.4) is 0 Å². The number of rotatable bonds is 6. The number of nitrogens with zero attached hydrogens (tertiary/aromatic N) is 2. The second kappa shape index (κ2) is 9.80. The van der Waals surface area contributed by atoms with E-state index in [0.717, 1.165) is 0 Å². The summed E-state index contributed by atoms with van der Waals surface area (Å²) in [5.41, 5.74) is -0.304. The maximum Gasteiger partial charge on any atom is 0.408 e. The largest absolute Gasteiger partial charge is 0.461 e. The van der Waals surface area contributed by atoms with Crippen LogP contribution in [0, 0.1) is 24.7 Å². The lowest BCUT2D eigenvalue weighted by Crippen LogP contribution is -2.75. The zero-order valence-corrected chi connectivity index (χ0v) is 18.7. The molecular formula is C21H25N3O6S. The highest BCUT2D eigenvalue weighted by Crippen LogP contribution is 2.40. The minimum Gasteiger partial charge on any atom is -0.461 e. The van der Waals surface area contributed by atoms with Gasteiger partial charge in [0, 0.05) is 12.5 Å². The summed E-state index contributed by atoms with van der Waals surface area (Å²) < 4.78 is 10.3. The Bertz CT molecular complexity index is 863. The van der Waals surface area contributed by atoms with E-state index in [0.29, 0.717) is 5.57 Å². The average Bonchev–Trinajstić information content (AvgIpc) is 2.67. The smallest absolute Gasteiger partial charge is 0.408 e. The Hall–Kier alpha value is -3.11. The first-order valence-electron chi connectivity index (χ1n) is 9.45. The van der Waals surface area contributed by atoms with Crippen LogP contribution in [0.15, 0.2) is 11.0 Å². The van der Waals surface area contributed by atoms with Crippen LogP contribution < -0.4 is 5.32 Å². The number of esters is 1. The standard InChI is InChI=1S/C21H25N3O6S/c1-7-9-23(10-8-2)18(27)16-14(11-29-13(3)25)12-31-19-15(17(26)24(16)19)22-20(28)30-21(4,5)6/h1-2,12,15-16,19H,9-11H2,3-6H3,(H,22,28)/t15-,16?,19-/m1/s1. The van der Waals surface area contributed by atoms with E-state index >= 15 is 0 Å². The average molecular weight is 448 g/mol. The minimum absolute atomic E-state index is 0.0419. The third-order valence-corrected chi connectivity index (χ3v) is 5.51. The van der Waals surface area contributed by atoms with Crippen molar-refractivity contribution in [2.75, 3.05) is 19.7 Å². The molecule has 3 atom stereocenters. The van der Waals surface area contributed by atoms with E-state index < -0.39 is 46.9 Å². The lowest BCUT2D eigenvalue weighted by molar-refractivity contribution is -0.156. The molecule has 1 unspecified atom stereocenters. The number of nitrogens with one attached hydrogen (secondary N) is 1. The van der Waals surface area contributed by atoms with Gasteiger partial charge in [0.25, 0.3) is 5.91 Å². The van der Waals surface area contributed by atoms with E-state index in [-0.39, 0.29) is 19.7 Å². The van der Waals surface area contributed by atoms with E-state index in [2.05, 4.69) is 17.2 Å². The molecule has 0 aliphatic carbocycles. The topological polar surface area (TPSA) is 105 Å². The fraction of sp³-hybridized carbons (Fsp3) is 0.524. The van der Waals surface area contributed by atoms with Crippen LogP contribution in [-0.4, -0.2) is 76.4 Å². The number of thioether (sulfide) groups is 1. The fourth-order valence-electron chi connectivity index (χ4n) is 3.05. The molecule has 0 saturated carbocycles. The highest BCUT2D eigenvalue weighted by atomic mass is 32.2. The summed E-state index contributed by atoms with van der Waals surface area (Å²) in [7, 11) is 0. The molecule has 0 bridgehead atoms. The van der Waals surface area contributed by atoms with E-state index in [1.54, 1.807) is 26.2 Å². The maximum atomic E-state index is 13.2. The summed E-state index contributed by atoms with van der Waals surface area (Å²) in [5, 5.41) is 3.67. The van der Waals surface area contributed by atoms with E-state index in [1.807, 2.05) is 0 Å². The molecule has 1 saturated heterocycles. The van der Waals surface area contributed by atoms with Gasteiger partial charge >= 0.3 is 12.1 Å². The van der Waals surface area contributed by atoms with Gasteiger partial charge in [-0.3, -0.25) is 14.4 Å².